The summed E-state index contributed by atoms with van der Waals surface area (Å²) in [5.74, 6) is 0.814. The number of ether oxygens (including phenoxy) is 1. The second-order valence-electron chi connectivity index (χ2n) is 7.70. The molecule has 1 fully saturated rings. The lowest BCUT2D eigenvalue weighted by Crippen LogP contribution is -2.40. The van der Waals surface area contributed by atoms with Crippen molar-refractivity contribution in [2.75, 3.05) is 23.4 Å². The molecular weight excluding hydrogens is 358 g/mol. The molecule has 1 aliphatic heterocycles. The minimum atomic E-state index is -0.401. The normalized spacial score (nSPS) is 15.1. The van der Waals surface area contributed by atoms with Crippen molar-refractivity contribution < 1.29 is 14.3 Å². The third-order valence-electron chi connectivity index (χ3n) is 4.19. The summed E-state index contributed by atoms with van der Waals surface area (Å²) in [7, 11) is 0. The van der Waals surface area contributed by atoms with Crippen LogP contribution in [0.2, 0.25) is 0 Å². The number of nitrogens with one attached hydrogen (secondary N) is 2. The van der Waals surface area contributed by atoms with Gasteiger partial charge in [-0.1, -0.05) is 12.1 Å². The van der Waals surface area contributed by atoms with Crippen LogP contribution in [-0.4, -0.2) is 40.7 Å². The van der Waals surface area contributed by atoms with Crippen molar-refractivity contribution in [3.63, 3.8) is 0 Å². The van der Waals surface area contributed by atoms with E-state index in [1.807, 2.05) is 39.8 Å². The number of benzene rings is 1. The molecule has 2 amide bonds. The minimum absolute atomic E-state index is 0.0829. The van der Waals surface area contributed by atoms with Gasteiger partial charge in [0.25, 0.3) is 5.91 Å². The van der Waals surface area contributed by atoms with E-state index in [-0.39, 0.29) is 17.5 Å². The molecule has 28 heavy (non-hydrogen) atoms. The van der Waals surface area contributed by atoms with E-state index >= 15 is 0 Å². The first-order valence-corrected chi connectivity index (χ1v) is 9.19. The minimum Gasteiger partial charge on any atom is -0.447 e. The molecule has 0 spiro atoms. The first-order valence-electron chi connectivity index (χ1n) is 9.19. The van der Waals surface area contributed by atoms with E-state index in [0.29, 0.717) is 30.5 Å². The van der Waals surface area contributed by atoms with Crippen LogP contribution in [0.15, 0.2) is 36.5 Å². The topological polar surface area (TPSA) is 96.4 Å². The number of amides is 2. The first-order chi connectivity index (χ1) is 13.2. The van der Waals surface area contributed by atoms with E-state index in [1.165, 1.54) is 4.90 Å². The molecule has 0 radical (unpaired) electrons. The smallest absolute Gasteiger partial charge is 0.415 e. The largest absolute Gasteiger partial charge is 0.447 e. The highest BCUT2D eigenvalue weighted by atomic mass is 16.6. The van der Waals surface area contributed by atoms with E-state index in [4.69, 9.17) is 4.74 Å². The van der Waals surface area contributed by atoms with E-state index in [1.54, 1.807) is 24.4 Å². The highest BCUT2D eigenvalue weighted by Gasteiger charge is 2.25. The van der Waals surface area contributed by atoms with Crippen LogP contribution < -0.4 is 15.5 Å². The number of carbonyl (C=O) groups excluding carboxylic acids is 2. The van der Waals surface area contributed by atoms with Crippen molar-refractivity contribution in [3.05, 3.63) is 47.7 Å². The zero-order valence-corrected chi connectivity index (χ0v) is 16.5. The second kappa shape index (κ2) is 7.84. The van der Waals surface area contributed by atoms with Gasteiger partial charge < -0.3 is 15.4 Å². The van der Waals surface area contributed by atoms with Crippen molar-refractivity contribution >= 4 is 23.8 Å². The molecule has 1 aromatic carbocycles. The summed E-state index contributed by atoms with van der Waals surface area (Å²) in [6, 6.07) is 8.98. The van der Waals surface area contributed by atoms with Crippen molar-refractivity contribution in [1.29, 1.82) is 0 Å². The molecule has 8 nitrogen and oxygen atoms in total. The van der Waals surface area contributed by atoms with E-state index < -0.39 is 6.09 Å². The fourth-order valence-electron chi connectivity index (χ4n) is 2.78. The lowest BCUT2D eigenvalue weighted by Gasteiger charge is -2.21. The maximum absolute atomic E-state index is 12.2. The molecule has 2 N–H and O–H groups in total. The highest BCUT2D eigenvalue weighted by molar-refractivity contribution is 5.94. The van der Waals surface area contributed by atoms with Crippen LogP contribution in [0, 0.1) is 0 Å². The molecular formula is C20H25N5O3. The van der Waals surface area contributed by atoms with Gasteiger partial charge in [0.05, 0.1) is 12.6 Å². The van der Waals surface area contributed by atoms with Crippen molar-refractivity contribution in [2.45, 2.75) is 39.3 Å². The number of aromatic nitrogens is 2. The van der Waals surface area contributed by atoms with E-state index in [9.17, 15) is 9.59 Å². The Morgan fingerprint density at radius 3 is 2.54 bits per heavy atom. The lowest BCUT2D eigenvalue weighted by molar-refractivity contribution is 0.0919. The number of cyclic esters (lactones) is 1. The summed E-state index contributed by atoms with van der Waals surface area (Å²) < 4.78 is 4.94. The predicted octanol–water partition coefficient (Wildman–Crippen LogP) is 3.13. The van der Waals surface area contributed by atoms with E-state index in [2.05, 4.69) is 20.6 Å². The van der Waals surface area contributed by atoms with Gasteiger partial charge >= 0.3 is 6.09 Å². The Morgan fingerprint density at radius 1 is 1.21 bits per heavy atom. The summed E-state index contributed by atoms with van der Waals surface area (Å²) in [6.45, 7) is 8.65. The summed E-state index contributed by atoms with van der Waals surface area (Å²) in [5.41, 5.74) is 1.31. The quantitative estimate of drug-likeness (QED) is 0.823. The van der Waals surface area contributed by atoms with Crippen molar-refractivity contribution in [2.24, 2.45) is 0 Å². The zero-order chi connectivity index (χ0) is 20.3. The van der Waals surface area contributed by atoms with Gasteiger partial charge in [0, 0.05) is 17.3 Å². The third-order valence-corrected chi connectivity index (χ3v) is 4.19. The monoisotopic (exact) mass is 383 g/mol. The van der Waals surface area contributed by atoms with Gasteiger partial charge in [-0.2, -0.15) is 4.98 Å². The Balaban J connectivity index is 1.67. The molecule has 3 rings (SSSR count). The number of carbonyl (C=O) groups is 2. The standard InChI is InChI=1S/C20H25N5O3/c1-13(14-5-7-15(8-6-14)17(26)24-20(2,3)4)22-18-21-10-9-16(23-18)25-11-12-28-19(25)27/h5-10,13H,11-12H2,1-4H3,(H,24,26)(H,21,22,23)/t13-/m0/s1. The van der Waals surface area contributed by atoms with E-state index in [0.717, 1.165) is 5.56 Å². The average Bonchev–Trinajstić information content (AvgIpc) is 3.06. The maximum Gasteiger partial charge on any atom is 0.415 e. The molecule has 2 heterocycles. The molecule has 1 aromatic heterocycles. The van der Waals surface area contributed by atoms with Crippen LogP contribution >= 0.6 is 0 Å². The highest BCUT2D eigenvalue weighted by Crippen LogP contribution is 2.21. The van der Waals surface area contributed by atoms with Crippen molar-refractivity contribution in [1.82, 2.24) is 15.3 Å². The number of hydrogen-bond acceptors (Lipinski definition) is 6. The lowest BCUT2D eigenvalue weighted by atomic mass is 10.0. The van der Waals surface area contributed by atoms with Crippen LogP contribution in [0.1, 0.15) is 49.7 Å². The number of rotatable bonds is 5. The second-order valence-corrected chi connectivity index (χ2v) is 7.70. The van der Waals surface area contributed by atoms with Crippen LogP contribution in [0.3, 0.4) is 0 Å². The van der Waals surface area contributed by atoms with Gasteiger partial charge in [-0.15, -0.1) is 0 Å². The fraction of sp³-hybridized carbons (Fsp3) is 0.400. The summed E-state index contributed by atoms with van der Waals surface area (Å²) >= 11 is 0. The molecule has 0 saturated carbocycles. The maximum atomic E-state index is 12.2. The van der Waals surface area contributed by atoms with Gasteiger partial charge in [-0.05, 0) is 51.5 Å². The first kappa shape index (κ1) is 19.6. The van der Waals surface area contributed by atoms with Crippen molar-refractivity contribution in [3.8, 4) is 0 Å². The third kappa shape index (κ3) is 4.76. The Bertz CT molecular complexity index is 861. The Hall–Kier alpha value is -3.16. The van der Waals surface area contributed by atoms with Crippen LogP contribution in [0.25, 0.3) is 0 Å². The molecule has 148 valence electrons. The Kier molecular flexibility index (Phi) is 5.48. The molecule has 0 aliphatic carbocycles. The van der Waals surface area contributed by atoms with Crippen LogP contribution in [0.5, 0.6) is 0 Å². The Labute approximate surface area is 164 Å². The zero-order valence-electron chi connectivity index (χ0n) is 16.5. The van der Waals surface area contributed by atoms with Gasteiger partial charge in [-0.25, -0.2) is 9.78 Å². The molecule has 1 saturated heterocycles. The predicted molar refractivity (Wildman–Crippen MR) is 106 cm³/mol. The molecule has 1 atom stereocenters. The summed E-state index contributed by atoms with van der Waals surface area (Å²) in [6.07, 6.45) is 1.20. The molecule has 2 aromatic rings. The number of anilines is 2. The fourth-order valence-corrected chi connectivity index (χ4v) is 2.78. The Morgan fingerprint density at radius 2 is 1.93 bits per heavy atom. The average molecular weight is 383 g/mol. The van der Waals surface area contributed by atoms with Gasteiger partial charge in [-0.3, -0.25) is 9.69 Å². The van der Waals surface area contributed by atoms with Gasteiger partial charge in [0.2, 0.25) is 5.95 Å². The molecule has 0 unspecified atom stereocenters. The van der Waals surface area contributed by atoms with Gasteiger partial charge in [0.1, 0.15) is 12.4 Å². The SMILES string of the molecule is C[C@H](Nc1nccc(N2CCOC2=O)n1)c1ccc(C(=O)NC(C)(C)C)cc1. The number of hydrogen-bond donors (Lipinski definition) is 2. The summed E-state index contributed by atoms with van der Waals surface area (Å²) in [4.78, 5) is 34.0. The van der Waals surface area contributed by atoms with Crippen LogP contribution in [0.4, 0.5) is 16.6 Å². The molecule has 1 aliphatic rings. The number of nitrogens with zero attached hydrogens (tertiary/aromatic N) is 3. The summed E-state index contributed by atoms with van der Waals surface area (Å²) in [5, 5.41) is 6.17. The van der Waals surface area contributed by atoms with Gasteiger partial charge in [0.15, 0.2) is 0 Å². The van der Waals surface area contributed by atoms with Crippen LogP contribution in [-0.2, 0) is 4.74 Å². The molecule has 0 bridgehead atoms. The molecule has 8 heteroatoms.